The van der Waals surface area contributed by atoms with Crippen LogP contribution in [0.1, 0.15) is 63.6 Å². The van der Waals surface area contributed by atoms with Gasteiger partial charge in [0.25, 0.3) is 0 Å². The fraction of sp³-hybridized carbons (Fsp3) is 0.667. The van der Waals surface area contributed by atoms with Gasteiger partial charge in [0.2, 0.25) is 0 Å². The van der Waals surface area contributed by atoms with E-state index in [0.717, 1.165) is 25.9 Å². The summed E-state index contributed by atoms with van der Waals surface area (Å²) in [6.45, 7) is 7.35. The summed E-state index contributed by atoms with van der Waals surface area (Å²) in [5.74, 6) is 0. The molecule has 1 aliphatic carbocycles. The molecule has 0 aromatic heterocycles. The van der Waals surface area contributed by atoms with Crippen molar-refractivity contribution in [2.75, 3.05) is 20.1 Å². The number of likely N-dealkylation sites (tertiary alicyclic amines) is 1. The van der Waals surface area contributed by atoms with Gasteiger partial charge in [-0.2, -0.15) is 0 Å². The summed E-state index contributed by atoms with van der Waals surface area (Å²) in [5.41, 5.74) is 2.60. The molecule has 1 aromatic rings. The van der Waals surface area contributed by atoms with E-state index < -0.39 is 5.60 Å². The molecule has 0 spiro atoms. The highest BCUT2D eigenvalue weighted by molar-refractivity contribution is 5.68. The molecule has 2 aliphatic rings. The number of rotatable bonds is 2. The molecule has 0 bridgehead atoms. The molecule has 25 heavy (non-hydrogen) atoms. The smallest absolute Gasteiger partial charge is 0.410 e. The summed E-state index contributed by atoms with van der Waals surface area (Å²) in [7, 11) is 2.26. The molecular formula is C21H32N2O2. The van der Waals surface area contributed by atoms with Gasteiger partial charge in [0.15, 0.2) is 0 Å². The Labute approximate surface area is 152 Å². The molecule has 1 fully saturated rings. The zero-order valence-electron chi connectivity index (χ0n) is 16.1. The number of carbonyl (C=O) groups excluding carboxylic acids is 1. The Morgan fingerprint density at radius 1 is 1.16 bits per heavy atom. The summed E-state index contributed by atoms with van der Waals surface area (Å²) < 4.78 is 5.51. The lowest BCUT2D eigenvalue weighted by molar-refractivity contribution is 0.0127. The van der Waals surface area contributed by atoms with Gasteiger partial charge < -0.3 is 9.64 Å². The lowest BCUT2D eigenvalue weighted by Gasteiger charge is -2.42. The number of piperidine rings is 1. The molecule has 1 aliphatic heterocycles. The SMILES string of the molecule is CN(C1CCN(C(=O)OC(C)(C)C)CC1)[C@H]1CCCc2ccccc21. The third-order valence-corrected chi connectivity index (χ3v) is 5.52. The van der Waals surface area contributed by atoms with Gasteiger partial charge in [0.1, 0.15) is 5.60 Å². The normalized spacial score (nSPS) is 22.0. The van der Waals surface area contributed by atoms with Crippen LogP contribution in [0.2, 0.25) is 0 Å². The van der Waals surface area contributed by atoms with Crippen LogP contribution >= 0.6 is 0 Å². The van der Waals surface area contributed by atoms with Crippen molar-refractivity contribution < 1.29 is 9.53 Å². The number of nitrogens with zero attached hydrogens (tertiary/aromatic N) is 2. The number of hydrogen-bond donors (Lipinski definition) is 0. The van der Waals surface area contributed by atoms with Crippen LogP contribution in [-0.2, 0) is 11.2 Å². The molecule has 138 valence electrons. The van der Waals surface area contributed by atoms with Crippen molar-refractivity contribution in [1.29, 1.82) is 0 Å². The fourth-order valence-corrected chi connectivity index (χ4v) is 4.19. The minimum atomic E-state index is -0.420. The predicted molar refractivity (Wildman–Crippen MR) is 101 cm³/mol. The van der Waals surface area contributed by atoms with E-state index in [9.17, 15) is 4.79 Å². The summed E-state index contributed by atoms with van der Waals surface area (Å²) >= 11 is 0. The van der Waals surface area contributed by atoms with Crippen molar-refractivity contribution >= 4 is 6.09 Å². The molecule has 1 saturated heterocycles. The van der Waals surface area contributed by atoms with E-state index in [4.69, 9.17) is 4.74 Å². The molecule has 0 unspecified atom stereocenters. The third kappa shape index (κ3) is 4.35. The van der Waals surface area contributed by atoms with E-state index in [2.05, 4.69) is 36.2 Å². The fourth-order valence-electron chi connectivity index (χ4n) is 4.19. The maximum absolute atomic E-state index is 12.2. The summed E-state index contributed by atoms with van der Waals surface area (Å²) in [5, 5.41) is 0. The van der Waals surface area contributed by atoms with Crippen LogP contribution in [0.3, 0.4) is 0 Å². The second-order valence-corrected chi connectivity index (χ2v) is 8.47. The number of aryl methyl sites for hydroxylation is 1. The first-order chi connectivity index (χ1) is 11.8. The van der Waals surface area contributed by atoms with Crippen LogP contribution in [0.5, 0.6) is 0 Å². The Hall–Kier alpha value is -1.55. The highest BCUT2D eigenvalue weighted by Crippen LogP contribution is 2.36. The topological polar surface area (TPSA) is 32.8 Å². The predicted octanol–water partition coefficient (Wildman–Crippen LogP) is 4.40. The van der Waals surface area contributed by atoms with Gasteiger partial charge in [-0.1, -0.05) is 24.3 Å². The second kappa shape index (κ2) is 7.36. The van der Waals surface area contributed by atoms with Crippen molar-refractivity contribution in [3.8, 4) is 0 Å². The molecular weight excluding hydrogens is 312 g/mol. The standard InChI is InChI=1S/C21H32N2O2/c1-21(2,3)25-20(24)23-14-12-17(13-15-23)22(4)19-11-7-9-16-8-5-6-10-18(16)19/h5-6,8,10,17,19H,7,9,11-15H2,1-4H3/t19-/m0/s1. The first-order valence-electron chi connectivity index (χ1n) is 9.63. The molecule has 0 saturated carbocycles. The van der Waals surface area contributed by atoms with E-state index in [1.54, 1.807) is 0 Å². The maximum atomic E-state index is 12.2. The molecule has 0 N–H and O–H groups in total. The van der Waals surface area contributed by atoms with Crippen molar-refractivity contribution in [2.24, 2.45) is 0 Å². The van der Waals surface area contributed by atoms with Crippen molar-refractivity contribution in [3.05, 3.63) is 35.4 Å². The minimum absolute atomic E-state index is 0.170. The molecule has 4 heteroatoms. The van der Waals surface area contributed by atoms with Crippen LogP contribution in [0.25, 0.3) is 0 Å². The lowest BCUT2D eigenvalue weighted by Crippen LogP contribution is -2.48. The monoisotopic (exact) mass is 344 g/mol. The Kier molecular flexibility index (Phi) is 5.38. The highest BCUT2D eigenvalue weighted by atomic mass is 16.6. The zero-order chi connectivity index (χ0) is 18.0. The zero-order valence-corrected chi connectivity index (χ0v) is 16.1. The van der Waals surface area contributed by atoms with E-state index in [0.29, 0.717) is 12.1 Å². The van der Waals surface area contributed by atoms with Crippen LogP contribution < -0.4 is 0 Å². The molecule has 1 atom stereocenters. The molecule has 1 aromatic carbocycles. The van der Waals surface area contributed by atoms with Crippen LogP contribution in [0.4, 0.5) is 4.79 Å². The first-order valence-corrected chi connectivity index (χ1v) is 9.63. The molecule has 1 heterocycles. The van der Waals surface area contributed by atoms with Crippen molar-refractivity contribution in [3.63, 3.8) is 0 Å². The number of fused-ring (bicyclic) bond motifs is 1. The maximum Gasteiger partial charge on any atom is 0.410 e. The Balaban J connectivity index is 1.59. The van der Waals surface area contributed by atoms with Gasteiger partial charge in [-0.05, 0) is 71.0 Å². The number of amides is 1. The number of benzene rings is 1. The number of ether oxygens (including phenoxy) is 1. The average Bonchev–Trinajstić information content (AvgIpc) is 2.59. The van der Waals surface area contributed by atoms with Crippen LogP contribution in [-0.4, -0.2) is 47.7 Å². The van der Waals surface area contributed by atoms with Crippen LogP contribution in [0, 0.1) is 0 Å². The van der Waals surface area contributed by atoms with E-state index in [1.165, 1.54) is 30.4 Å². The van der Waals surface area contributed by atoms with E-state index >= 15 is 0 Å². The Morgan fingerprint density at radius 3 is 2.52 bits per heavy atom. The first kappa shape index (κ1) is 18.2. The van der Waals surface area contributed by atoms with E-state index in [-0.39, 0.29) is 6.09 Å². The quantitative estimate of drug-likeness (QED) is 0.797. The van der Waals surface area contributed by atoms with E-state index in [1.807, 2.05) is 25.7 Å². The van der Waals surface area contributed by atoms with Gasteiger partial charge in [-0.25, -0.2) is 4.79 Å². The van der Waals surface area contributed by atoms with Gasteiger partial charge in [0, 0.05) is 25.2 Å². The van der Waals surface area contributed by atoms with Crippen LogP contribution in [0.15, 0.2) is 24.3 Å². The second-order valence-electron chi connectivity index (χ2n) is 8.47. The van der Waals surface area contributed by atoms with Gasteiger partial charge >= 0.3 is 6.09 Å². The molecule has 3 rings (SSSR count). The lowest BCUT2D eigenvalue weighted by atomic mass is 9.85. The van der Waals surface area contributed by atoms with Gasteiger partial charge in [-0.15, -0.1) is 0 Å². The summed E-state index contributed by atoms with van der Waals surface area (Å²) in [6.07, 6.45) is 5.58. The number of hydrogen-bond acceptors (Lipinski definition) is 3. The average molecular weight is 344 g/mol. The van der Waals surface area contributed by atoms with Crippen molar-refractivity contribution in [1.82, 2.24) is 9.80 Å². The largest absolute Gasteiger partial charge is 0.444 e. The van der Waals surface area contributed by atoms with Crippen molar-refractivity contribution in [2.45, 2.75) is 70.6 Å². The summed E-state index contributed by atoms with van der Waals surface area (Å²) in [4.78, 5) is 16.7. The minimum Gasteiger partial charge on any atom is -0.444 e. The molecule has 1 amide bonds. The molecule has 0 radical (unpaired) electrons. The summed E-state index contributed by atoms with van der Waals surface area (Å²) in [6, 6.07) is 9.95. The Morgan fingerprint density at radius 2 is 1.84 bits per heavy atom. The van der Waals surface area contributed by atoms with Gasteiger partial charge in [-0.3, -0.25) is 4.90 Å². The van der Waals surface area contributed by atoms with Gasteiger partial charge in [0.05, 0.1) is 0 Å². The Bertz CT molecular complexity index is 600. The molecule has 4 nitrogen and oxygen atoms in total. The third-order valence-electron chi connectivity index (χ3n) is 5.52. The highest BCUT2D eigenvalue weighted by Gasteiger charge is 2.32. The number of carbonyl (C=O) groups is 1.